The van der Waals surface area contributed by atoms with Gasteiger partial charge in [0.05, 0.1) is 32.0 Å². The largest absolute Gasteiger partial charge is 0.497 e. The third kappa shape index (κ3) is 5.29. The molecule has 1 heterocycles. The number of carbonyl (C=O) groups excluding carboxylic acids is 1. The van der Waals surface area contributed by atoms with Gasteiger partial charge in [-0.25, -0.2) is 0 Å². The predicted octanol–water partition coefficient (Wildman–Crippen LogP) is 4.34. The van der Waals surface area contributed by atoms with Gasteiger partial charge < -0.3 is 9.16 Å². The molecule has 142 valence electrons. The molecule has 0 aliphatic carbocycles. The summed E-state index contributed by atoms with van der Waals surface area (Å²) in [7, 11) is -0.123. The molecule has 0 N–H and O–H groups in total. The Morgan fingerprint density at radius 1 is 1.19 bits per heavy atom. The van der Waals surface area contributed by atoms with Gasteiger partial charge in [0.2, 0.25) is 0 Å². The van der Waals surface area contributed by atoms with Crippen LogP contribution >= 0.6 is 0 Å². The highest BCUT2D eigenvalue weighted by molar-refractivity contribution is 6.74. The molecule has 0 aliphatic heterocycles. The third-order valence-corrected chi connectivity index (χ3v) is 9.61. The van der Waals surface area contributed by atoms with Crippen LogP contribution in [-0.2, 0) is 17.4 Å². The second kappa shape index (κ2) is 8.18. The third-order valence-electron chi connectivity index (χ3n) is 5.07. The molecule has 1 aromatic carbocycles. The molecule has 0 radical (unpaired) electrons. The van der Waals surface area contributed by atoms with Crippen molar-refractivity contribution in [2.75, 3.05) is 13.7 Å². The minimum Gasteiger partial charge on any atom is -0.497 e. The van der Waals surface area contributed by atoms with E-state index in [0.29, 0.717) is 25.1 Å². The van der Waals surface area contributed by atoms with Crippen molar-refractivity contribution in [1.82, 2.24) is 9.78 Å². The van der Waals surface area contributed by atoms with Crippen molar-refractivity contribution in [1.29, 1.82) is 0 Å². The summed E-state index contributed by atoms with van der Waals surface area (Å²) >= 11 is 0. The summed E-state index contributed by atoms with van der Waals surface area (Å²) < 4.78 is 13.1. The van der Waals surface area contributed by atoms with E-state index in [-0.39, 0.29) is 10.8 Å². The van der Waals surface area contributed by atoms with Gasteiger partial charge >= 0.3 is 0 Å². The lowest BCUT2D eigenvalue weighted by molar-refractivity contribution is 0.0992. The van der Waals surface area contributed by atoms with Gasteiger partial charge in [-0.15, -0.1) is 0 Å². The van der Waals surface area contributed by atoms with Crippen molar-refractivity contribution >= 4 is 14.1 Å². The molecule has 0 fully saturated rings. The van der Waals surface area contributed by atoms with Gasteiger partial charge in [0.25, 0.3) is 0 Å². The normalized spacial score (nSPS) is 12.2. The fourth-order valence-corrected chi connectivity index (χ4v) is 3.31. The van der Waals surface area contributed by atoms with Gasteiger partial charge in [-0.3, -0.25) is 9.48 Å². The lowest BCUT2D eigenvalue weighted by Gasteiger charge is -2.36. The van der Waals surface area contributed by atoms with E-state index in [1.54, 1.807) is 24.2 Å². The molecule has 0 atom stereocenters. The first-order valence-electron chi connectivity index (χ1n) is 8.95. The average molecular weight is 375 g/mol. The molecule has 0 spiro atoms. The van der Waals surface area contributed by atoms with E-state index in [1.165, 1.54) is 0 Å². The second-order valence-electron chi connectivity index (χ2n) is 8.05. The van der Waals surface area contributed by atoms with Crippen LogP contribution in [0.3, 0.4) is 0 Å². The molecular formula is C20H30N2O3Si. The van der Waals surface area contributed by atoms with E-state index >= 15 is 0 Å². The number of rotatable bonds is 8. The van der Waals surface area contributed by atoms with E-state index in [1.807, 2.05) is 24.3 Å². The van der Waals surface area contributed by atoms with Crippen LogP contribution in [0.2, 0.25) is 18.1 Å². The van der Waals surface area contributed by atoms with E-state index in [2.05, 4.69) is 39.0 Å². The minimum atomic E-state index is -1.75. The van der Waals surface area contributed by atoms with Crippen LogP contribution < -0.4 is 4.74 Å². The Balaban J connectivity index is 1.89. The molecule has 5 nitrogen and oxygen atoms in total. The maximum atomic E-state index is 12.4. The summed E-state index contributed by atoms with van der Waals surface area (Å²) in [5.74, 6) is 0.850. The van der Waals surface area contributed by atoms with E-state index in [9.17, 15) is 4.79 Å². The number of carbonyl (C=O) groups is 1. The summed E-state index contributed by atoms with van der Waals surface area (Å²) in [5.41, 5.74) is 1.60. The first-order valence-corrected chi connectivity index (χ1v) is 11.9. The predicted molar refractivity (Wildman–Crippen MR) is 106 cm³/mol. The van der Waals surface area contributed by atoms with Gasteiger partial charge in [-0.05, 0) is 35.8 Å². The Bertz CT molecular complexity index is 730. The SMILES string of the molecule is COc1ccc(CC(=O)c2cnn(CCO[Si](C)(C)C(C)(C)C)c2)cc1. The molecule has 2 rings (SSSR count). The number of ketones is 1. The van der Waals surface area contributed by atoms with Crippen LogP contribution in [0.5, 0.6) is 5.75 Å². The Kier molecular flexibility index (Phi) is 6.42. The highest BCUT2D eigenvalue weighted by atomic mass is 28.4. The molecule has 2 aromatic rings. The maximum Gasteiger partial charge on any atom is 0.192 e. The first-order chi connectivity index (χ1) is 12.1. The molecule has 0 aliphatic rings. The summed E-state index contributed by atoms with van der Waals surface area (Å²) in [4.78, 5) is 12.4. The van der Waals surface area contributed by atoms with Crippen LogP contribution in [0.4, 0.5) is 0 Å². The molecule has 0 bridgehead atoms. The summed E-state index contributed by atoms with van der Waals surface area (Å²) in [5, 5.41) is 4.49. The standard InChI is InChI=1S/C20H30N2O3Si/c1-20(2,3)26(5,6)25-12-11-22-15-17(14-21-22)19(23)13-16-7-9-18(24-4)10-8-16/h7-10,14-15H,11-13H2,1-6H3. The molecule has 0 amide bonds. The number of hydrogen-bond donors (Lipinski definition) is 0. The van der Waals surface area contributed by atoms with Crippen molar-refractivity contribution in [3.63, 3.8) is 0 Å². The van der Waals surface area contributed by atoms with Crippen LogP contribution in [0.15, 0.2) is 36.7 Å². The lowest BCUT2D eigenvalue weighted by atomic mass is 10.1. The highest BCUT2D eigenvalue weighted by Crippen LogP contribution is 2.36. The molecule has 1 aromatic heterocycles. The van der Waals surface area contributed by atoms with Gasteiger partial charge in [0.1, 0.15) is 5.75 Å². The van der Waals surface area contributed by atoms with Crippen molar-refractivity contribution in [3.05, 3.63) is 47.8 Å². The van der Waals surface area contributed by atoms with Crippen LogP contribution in [-0.4, -0.2) is 37.6 Å². The van der Waals surface area contributed by atoms with Crippen molar-refractivity contribution in [3.8, 4) is 5.75 Å². The summed E-state index contributed by atoms with van der Waals surface area (Å²) in [6.45, 7) is 12.4. The number of Topliss-reactive ketones (excluding diaryl/α,β-unsaturated/α-hetero) is 1. The number of benzene rings is 1. The van der Waals surface area contributed by atoms with Crippen molar-refractivity contribution in [2.45, 2.75) is 51.9 Å². The van der Waals surface area contributed by atoms with E-state index in [4.69, 9.17) is 9.16 Å². The number of hydrogen-bond acceptors (Lipinski definition) is 4. The van der Waals surface area contributed by atoms with Crippen molar-refractivity contribution in [2.24, 2.45) is 0 Å². The van der Waals surface area contributed by atoms with Crippen LogP contribution in [0, 0.1) is 0 Å². The fourth-order valence-electron chi connectivity index (χ4n) is 2.27. The smallest absolute Gasteiger partial charge is 0.192 e. The number of nitrogens with zero attached hydrogens (tertiary/aromatic N) is 2. The molecule has 0 unspecified atom stereocenters. The maximum absolute atomic E-state index is 12.4. The number of ether oxygens (including phenoxy) is 1. The van der Waals surface area contributed by atoms with Crippen LogP contribution in [0.1, 0.15) is 36.7 Å². The van der Waals surface area contributed by atoms with Gasteiger partial charge in [0, 0.05) is 12.6 Å². The topological polar surface area (TPSA) is 53.3 Å². The molecule has 26 heavy (non-hydrogen) atoms. The zero-order valence-corrected chi connectivity index (χ0v) is 17.7. The highest BCUT2D eigenvalue weighted by Gasteiger charge is 2.36. The molecular weight excluding hydrogens is 344 g/mol. The minimum absolute atomic E-state index is 0.0618. The zero-order valence-electron chi connectivity index (χ0n) is 16.7. The monoisotopic (exact) mass is 374 g/mol. The Hall–Kier alpha value is -1.92. The summed E-state index contributed by atoms with van der Waals surface area (Å²) in [6.07, 6.45) is 3.80. The van der Waals surface area contributed by atoms with Gasteiger partial charge in [-0.1, -0.05) is 32.9 Å². The number of aromatic nitrogens is 2. The van der Waals surface area contributed by atoms with Gasteiger partial charge in [0.15, 0.2) is 14.1 Å². The fraction of sp³-hybridized carbons (Fsp3) is 0.500. The number of methoxy groups -OCH3 is 1. The first kappa shape index (κ1) is 20.4. The zero-order chi connectivity index (χ0) is 19.4. The molecule has 0 saturated heterocycles. The molecule has 0 saturated carbocycles. The molecule has 6 heteroatoms. The van der Waals surface area contributed by atoms with E-state index < -0.39 is 8.32 Å². The van der Waals surface area contributed by atoms with Crippen molar-refractivity contribution < 1.29 is 14.0 Å². The quantitative estimate of drug-likeness (QED) is 0.509. The van der Waals surface area contributed by atoms with Gasteiger partial charge in [-0.2, -0.15) is 5.10 Å². The summed E-state index contributed by atoms with van der Waals surface area (Å²) in [6, 6.07) is 7.55. The Labute approximate surface area is 157 Å². The second-order valence-corrected chi connectivity index (χ2v) is 12.9. The lowest BCUT2D eigenvalue weighted by Crippen LogP contribution is -2.41. The van der Waals surface area contributed by atoms with Crippen LogP contribution in [0.25, 0.3) is 0 Å². The Morgan fingerprint density at radius 3 is 2.42 bits per heavy atom. The van der Waals surface area contributed by atoms with E-state index in [0.717, 1.165) is 11.3 Å². The average Bonchev–Trinajstić information content (AvgIpc) is 3.03. The Morgan fingerprint density at radius 2 is 1.85 bits per heavy atom.